The van der Waals surface area contributed by atoms with E-state index >= 15 is 0 Å². The van der Waals surface area contributed by atoms with Crippen LogP contribution in [0.15, 0.2) is 52.3 Å². The number of hydrogen-bond donors (Lipinski definition) is 0. The second-order valence-corrected chi connectivity index (χ2v) is 10.7. The van der Waals surface area contributed by atoms with Crippen LogP contribution in [0.25, 0.3) is 11.0 Å². The van der Waals surface area contributed by atoms with E-state index in [2.05, 4.69) is 10.3 Å². The Hall–Kier alpha value is -2.57. The number of aromatic nitrogens is 3. The smallest absolute Gasteiger partial charge is 0.243 e. The van der Waals surface area contributed by atoms with Gasteiger partial charge >= 0.3 is 0 Å². The quantitative estimate of drug-likeness (QED) is 0.329. The van der Waals surface area contributed by atoms with Gasteiger partial charge in [-0.05, 0) is 54.1 Å². The van der Waals surface area contributed by atoms with Crippen LogP contribution < -0.4 is 4.84 Å². The number of fused-ring (bicyclic) bond motifs is 1. The number of sulfonamides is 1. The van der Waals surface area contributed by atoms with Crippen molar-refractivity contribution in [2.75, 3.05) is 25.4 Å². The van der Waals surface area contributed by atoms with Crippen LogP contribution in [0.5, 0.6) is 0 Å². The summed E-state index contributed by atoms with van der Waals surface area (Å²) in [5.41, 5.74) is 0.798. The van der Waals surface area contributed by atoms with Gasteiger partial charge < -0.3 is 4.84 Å². The van der Waals surface area contributed by atoms with E-state index in [1.807, 2.05) is 0 Å². The highest BCUT2D eigenvalue weighted by molar-refractivity contribution is 7.91. The van der Waals surface area contributed by atoms with E-state index in [-0.39, 0.29) is 28.6 Å². The van der Waals surface area contributed by atoms with Crippen molar-refractivity contribution in [1.29, 1.82) is 0 Å². The molecule has 0 fully saturated rings. The Morgan fingerprint density at radius 1 is 1.00 bits per heavy atom. The zero-order chi connectivity index (χ0) is 22.6. The fourth-order valence-corrected chi connectivity index (χ4v) is 5.77. The summed E-state index contributed by atoms with van der Waals surface area (Å²) in [7, 11) is -7.24. The molecule has 3 aromatic rings. The van der Waals surface area contributed by atoms with E-state index in [1.54, 1.807) is 13.8 Å². The third kappa shape index (κ3) is 5.02. The van der Waals surface area contributed by atoms with Gasteiger partial charge in [0.05, 0.1) is 15.5 Å². The Morgan fingerprint density at radius 3 is 2.29 bits per heavy atom. The van der Waals surface area contributed by atoms with E-state index in [1.165, 1.54) is 34.6 Å². The van der Waals surface area contributed by atoms with Crippen molar-refractivity contribution >= 4 is 30.9 Å². The fraction of sp³-hybridized carbons (Fsp3) is 0.368. The molecule has 0 aliphatic heterocycles. The summed E-state index contributed by atoms with van der Waals surface area (Å²) in [4.78, 5) is 6.71. The van der Waals surface area contributed by atoms with Crippen molar-refractivity contribution in [3.05, 3.63) is 48.3 Å². The van der Waals surface area contributed by atoms with Gasteiger partial charge in [0.15, 0.2) is 9.84 Å². The molecule has 0 atom stereocenters. The number of hydrogen-bond acceptors (Lipinski definition) is 7. The van der Waals surface area contributed by atoms with Gasteiger partial charge in [0.2, 0.25) is 10.0 Å². The van der Waals surface area contributed by atoms with Crippen LogP contribution in [0.3, 0.4) is 0 Å². The van der Waals surface area contributed by atoms with Gasteiger partial charge in [-0.25, -0.2) is 21.2 Å². The third-order valence-electron chi connectivity index (χ3n) is 4.67. The molecule has 0 aliphatic carbocycles. The number of halogens is 1. The molecule has 0 saturated carbocycles. The van der Waals surface area contributed by atoms with Gasteiger partial charge in [0, 0.05) is 13.1 Å². The van der Waals surface area contributed by atoms with Crippen molar-refractivity contribution in [1.82, 2.24) is 19.5 Å². The summed E-state index contributed by atoms with van der Waals surface area (Å²) in [6.07, 6.45) is 0.151. The second-order valence-electron chi connectivity index (χ2n) is 6.66. The van der Waals surface area contributed by atoms with Crippen LogP contribution in [0, 0.1) is 5.82 Å². The van der Waals surface area contributed by atoms with E-state index in [4.69, 9.17) is 4.84 Å². The molecule has 1 heterocycles. The topological polar surface area (TPSA) is 111 Å². The van der Waals surface area contributed by atoms with E-state index in [0.717, 1.165) is 17.0 Å². The predicted molar refractivity (Wildman–Crippen MR) is 112 cm³/mol. The lowest BCUT2D eigenvalue weighted by atomic mass is 10.3. The van der Waals surface area contributed by atoms with E-state index in [0.29, 0.717) is 24.1 Å². The maximum Gasteiger partial charge on any atom is 0.243 e. The van der Waals surface area contributed by atoms with Crippen LogP contribution in [-0.2, 0) is 19.9 Å². The first-order valence-corrected chi connectivity index (χ1v) is 12.8. The first kappa shape index (κ1) is 23.1. The van der Waals surface area contributed by atoms with Crippen molar-refractivity contribution < 1.29 is 26.1 Å². The van der Waals surface area contributed by atoms with E-state index in [9.17, 15) is 21.2 Å². The molecule has 12 heteroatoms. The van der Waals surface area contributed by atoms with Crippen molar-refractivity contribution in [2.24, 2.45) is 0 Å². The lowest BCUT2D eigenvalue weighted by molar-refractivity contribution is 0.0882. The number of sulfone groups is 1. The Balaban J connectivity index is 1.70. The molecule has 0 radical (unpaired) electrons. The Kier molecular flexibility index (Phi) is 6.92. The standard InChI is InChI=1S/C19H23FN4O5S2/c1-3-23(4-2)31(27,28)17-10-11-18-19(14-17)24(22-21-18)29-12-5-13-30(25,26)16-8-6-15(20)7-9-16/h6-11,14H,3-5,12-13H2,1-2H3. The van der Waals surface area contributed by atoms with Crippen molar-refractivity contribution in [3.8, 4) is 0 Å². The summed E-state index contributed by atoms with van der Waals surface area (Å²) < 4.78 is 64.4. The molecule has 1 aromatic heterocycles. The molecule has 2 aromatic carbocycles. The first-order valence-electron chi connectivity index (χ1n) is 9.66. The molecule has 0 spiro atoms. The highest BCUT2D eigenvalue weighted by Crippen LogP contribution is 2.20. The summed E-state index contributed by atoms with van der Waals surface area (Å²) in [5.74, 6) is -0.713. The summed E-state index contributed by atoms with van der Waals surface area (Å²) >= 11 is 0. The van der Waals surface area contributed by atoms with Crippen LogP contribution in [0.4, 0.5) is 4.39 Å². The maximum atomic E-state index is 13.0. The normalized spacial score (nSPS) is 12.5. The lowest BCUT2D eigenvalue weighted by Crippen LogP contribution is -2.30. The number of benzene rings is 2. The highest BCUT2D eigenvalue weighted by atomic mass is 32.2. The summed E-state index contributed by atoms with van der Waals surface area (Å²) in [6, 6.07) is 9.05. The maximum absolute atomic E-state index is 13.0. The lowest BCUT2D eigenvalue weighted by Gasteiger charge is -2.18. The number of nitrogens with zero attached hydrogens (tertiary/aromatic N) is 4. The summed E-state index contributed by atoms with van der Waals surface area (Å²) in [6.45, 7) is 4.20. The minimum absolute atomic E-state index is 0.00586. The summed E-state index contributed by atoms with van der Waals surface area (Å²) in [5, 5.41) is 7.79. The van der Waals surface area contributed by atoms with Crippen molar-refractivity contribution in [2.45, 2.75) is 30.1 Å². The Bertz CT molecular complexity index is 1250. The highest BCUT2D eigenvalue weighted by Gasteiger charge is 2.23. The molecule has 0 N–H and O–H groups in total. The molecule has 0 bridgehead atoms. The van der Waals surface area contributed by atoms with Gasteiger partial charge in [-0.1, -0.05) is 18.7 Å². The SMILES string of the molecule is CCN(CC)S(=O)(=O)c1ccc2nnn(OCCCS(=O)(=O)c3ccc(F)cc3)c2c1. The second kappa shape index (κ2) is 9.28. The number of rotatable bonds is 10. The first-order chi connectivity index (χ1) is 14.7. The molecule has 3 rings (SSSR count). The van der Waals surface area contributed by atoms with Gasteiger partial charge in [-0.3, -0.25) is 0 Å². The van der Waals surface area contributed by atoms with Crippen LogP contribution in [0.2, 0.25) is 0 Å². The Labute approximate surface area is 180 Å². The van der Waals surface area contributed by atoms with E-state index < -0.39 is 25.7 Å². The Morgan fingerprint density at radius 2 is 1.65 bits per heavy atom. The van der Waals surface area contributed by atoms with Gasteiger partial charge in [-0.2, -0.15) is 4.31 Å². The van der Waals surface area contributed by atoms with Gasteiger partial charge in [-0.15, -0.1) is 5.10 Å². The molecule has 31 heavy (non-hydrogen) atoms. The zero-order valence-electron chi connectivity index (χ0n) is 17.1. The third-order valence-corrected chi connectivity index (χ3v) is 8.54. The molecule has 168 valence electrons. The molecule has 0 amide bonds. The minimum Gasteiger partial charge on any atom is -0.395 e. The van der Waals surface area contributed by atoms with Gasteiger partial charge in [0.1, 0.15) is 23.5 Å². The largest absolute Gasteiger partial charge is 0.395 e. The van der Waals surface area contributed by atoms with Crippen molar-refractivity contribution in [3.63, 3.8) is 0 Å². The van der Waals surface area contributed by atoms with Gasteiger partial charge in [0.25, 0.3) is 0 Å². The average Bonchev–Trinajstić information content (AvgIpc) is 3.14. The van der Waals surface area contributed by atoms with Crippen LogP contribution >= 0.6 is 0 Å². The monoisotopic (exact) mass is 470 g/mol. The predicted octanol–water partition coefficient (Wildman–Crippen LogP) is 1.89. The molecule has 0 aliphatic rings. The molecule has 9 nitrogen and oxygen atoms in total. The van der Waals surface area contributed by atoms with Crippen LogP contribution in [0.1, 0.15) is 20.3 Å². The average molecular weight is 471 g/mol. The molecular formula is C19H23FN4O5S2. The minimum atomic E-state index is -3.66. The fourth-order valence-electron chi connectivity index (χ4n) is 3.01. The molecule has 0 saturated heterocycles. The molecule has 0 unspecified atom stereocenters. The zero-order valence-corrected chi connectivity index (χ0v) is 18.7. The molecular weight excluding hydrogens is 447 g/mol. The van der Waals surface area contributed by atoms with Crippen LogP contribution in [-0.4, -0.2) is 61.7 Å².